The lowest BCUT2D eigenvalue weighted by molar-refractivity contribution is -0.133. The van der Waals surface area contributed by atoms with Crippen LogP contribution in [0.2, 0.25) is 0 Å². The van der Waals surface area contributed by atoms with Crippen LogP contribution in [0.4, 0.5) is 0 Å². The van der Waals surface area contributed by atoms with Crippen LogP contribution < -0.4 is 5.73 Å². The lowest BCUT2D eigenvalue weighted by Crippen LogP contribution is -2.45. The summed E-state index contributed by atoms with van der Waals surface area (Å²) in [5.41, 5.74) is 5.85. The Kier molecular flexibility index (Phi) is 8.21. The van der Waals surface area contributed by atoms with Gasteiger partial charge in [-0.2, -0.15) is 0 Å². The largest absolute Gasteiger partial charge is 0.395 e. The van der Waals surface area contributed by atoms with Gasteiger partial charge in [-0.25, -0.2) is 0 Å². The van der Waals surface area contributed by atoms with Crippen molar-refractivity contribution in [3.8, 4) is 0 Å². The highest BCUT2D eigenvalue weighted by molar-refractivity contribution is 5.81. The van der Waals surface area contributed by atoms with Crippen LogP contribution in [0.5, 0.6) is 0 Å². The zero-order valence-corrected chi connectivity index (χ0v) is 10.8. The second kappa shape index (κ2) is 8.53. The molecule has 4 heteroatoms. The van der Waals surface area contributed by atoms with E-state index in [1.54, 1.807) is 4.90 Å². The van der Waals surface area contributed by atoms with Crippen LogP contribution in [0.25, 0.3) is 0 Å². The SMILES string of the molecule is CCCCN(CCO)C(=O)C(N)CC(C)C. The summed E-state index contributed by atoms with van der Waals surface area (Å²) in [7, 11) is 0. The second-order valence-electron chi connectivity index (χ2n) is 4.64. The van der Waals surface area contributed by atoms with Crippen LogP contribution in [-0.2, 0) is 4.79 Å². The summed E-state index contributed by atoms with van der Waals surface area (Å²) in [6.07, 6.45) is 2.70. The maximum Gasteiger partial charge on any atom is 0.239 e. The molecule has 0 aromatic rings. The van der Waals surface area contributed by atoms with Crippen molar-refractivity contribution in [3.05, 3.63) is 0 Å². The van der Waals surface area contributed by atoms with Gasteiger partial charge < -0.3 is 15.7 Å². The molecule has 0 aromatic carbocycles. The lowest BCUT2D eigenvalue weighted by Gasteiger charge is -2.25. The molecule has 0 bridgehead atoms. The normalized spacial score (nSPS) is 12.9. The summed E-state index contributed by atoms with van der Waals surface area (Å²) in [6, 6.07) is -0.427. The molecule has 0 saturated heterocycles. The van der Waals surface area contributed by atoms with Crippen LogP contribution in [0.3, 0.4) is 0 Å². The molecule has 0 radical (unpaired) electrons. The minimum atomic E-state index is -0.427. The molecule has 3 N–H and O–H groups in total. The van der Waals surface area contributed by atoms with Gasteiger partial charge in [0.05, 0.1) is 12.6 Å². The number of aliphatic hydroxyl groups is 1. The number of hydrogen-bond acceptors (Lipinski definition) is 3. The first-order valence-corrected chi connectivity index (χ1v) is 6.18. The minimum absolute atomic E-state index is 0.00382. The molecule has 0 heterocycles. The molecule has 0 aliphatic rings. The van der Waals surface area contributed by atoms with E-state index >= 15 is 0 Å². The van der Waals surface area contributed by atoms with Crippen molar-refractivity contribution >= 4 is 5.91 Å². The van der Waals surface area contributed by atoms with Gasteiger partial charge in [0.2, 0.25) is 5.91 Å². The van der Waals surface area contributed by atoms with Crippen molar-refractivity contribution < 1.29 is 9.90 Å². The third-order valence-corrected chi connectivity index (χ3v) is 2.51. The molecule has 1 unspecified atom stereocenters. The van der Waals surface area contributed by atoms with E-state index in [4.69, 9.17) is 10.8 Å². The second-order valence-corrected chi connectivity index (χ2v) is 4.64. The fourth-order valence-corrected chi connectivity index (χ4v) is 1.65. The quantitative estimate of drug-likeness (QED) is 0.653. The zero-order valence-electron chi connectivity index (χ0n) is 10.8. The fraction of sp³-hybridized carbons (Fsp3) is 0.917. The molecule has 0 aromatic heterocycles. The number of carbonyl (C=O) groups excluding carboxylic acids is 1. The van der Waals surface area contributed by atoms with Crippen LogP contribution in [0, 0.1) is 5.92 Å². The number of aliphatic hydroxyl groups excluding tert-OH is 1. The molecule has 0 spiro atoms. The third kappa shape index (κ3) is 6.08. The Bertz CT molecular complexity index is 195. The van der Waals surface area contributed by atoms with Crippen LogP contribution >= 0.6 is 0 Å². The summed E-state index contributed by atoms with van der Waals surface area (Å²) in [6.45, 7) is 7.27. The van der Waals surface area contributed by atoms with Crippen molar-refractivity contribution in [2.24, 2.45) is 11.7 Å². The standard InChI is InChI=1S/C12H26N2O2/c1-4-5-6-14(7-8-15)12(16)11(13)9-10(2)3/h10-11,15H,4-9,13H2,1-3H3. The van der Waals surface area contributed by atoms with Gasteiger partial charge >= 0.3 is 0 Å². The van der Waals surface area contributed by atoms with E-state index in [2.05, 4.69) is 20.8 Å². The molecular formula is C12H26N2O2. The predicted molar refractivity (Wildman–Crippen MR) is 66.0 cm³/mol. The number of carbonyl (C=O) groups is 1. The van der Waals surface area contributed by atoms with E-state index in [1.807, 2.05) is 0 Å². The Hall–Kier alpha value is -0.610. The molecule has 0 rings (SSSR count). The Morgan fingerprint density at radius 2 is 2.00 bits per heavy atom. The van der Waals surface area contributed by atoms with Gasteiger partial charge in [-0.1, -0.05) is 27.2 Å². The van der Waals surface area contributed by atoms with Gasteiger partial charge in [-0.05, 0) is 18.8 Å². The number of hydrogen-bond donors (Lipinski definition) is 2. The van der Waals surface area contributed by atoms with E-state index in [-0.39, 0.29) is 12.5 Å². The Morgan fingerprint density at radius 3 is 2.44 bits per heavy atom. The topological polar surface area (TPSA) is 66.6 Å². The number of nitrogens with two attached hydrogens (primary N) is 1. The smallest absolute Gasteiger partial charge is 0.239 e. The summed E-state index contributed by atoms with van der Waals surface area (Å²) in [5, 5.41) is 8.91. The number of nitrogens with zero attached hydrogens (tertiary/aromatic N) is 1. The first kappa shape index (κ1) is 15.4. The summed E-state index contributed by atoms with van der Waals surface area (Å²) in [5.74, 6) is 0.386. The predicted octanol–water partition coefficient (Wildman–Crippen LogP) is 0.981. The maximum atomic E-state index is 12.0. The molecule has 0 saturated carbocycles. The van der Waals surface area contributed by atoms with Gasteiger partial charge in [0, 0.05) is 13.1 Å². The van der Waals surface area contributed by atoms with Crippen LogP contribution in [0.1, 0.15) is 40.0 Å². The summed E-state index contributed by atoms with van der Waals surface area (Å²) in [4.78, 5) is 13.6. The molecule has 1 atom stereocenters. The minimum Gasteiger partial charge on any atom is -0.395 e. The van der Waals surface area contributed by atoms with E-state index in [0.717, 1.165) is 12.8 Å². The van der Waals surface area contributed by atoms with Crippen molar-refractivity contribution in [1.29, 1.82) is 0 Å². The molecular weight excluding hydrogens is 204 g/mol. The fourth-order valence-electron chi connectivity index (χ4n) is 1.65. The number of rotatable bonds is 8. The van der Waals surface area contributed by atoms with E-state index in [9.17, 15) is 4.79 Å². The first-order valence-electron chi connectivity index (χ1n) is 6.18. The first-order chi connectivity index (χ1) is 7.52. The van der Waals surface area contributed by atoms with Crippen LogP contribution in [-0.4, -0.2) is 41.7 Å². The highest BCUT2D eigenvalue weighted by atomic mass is 16.3. The van der Waals surface area contributed by atoms with Crippen LogP contribution in [0.15, 0.2) is 0 Å². The average Bonchev–Trinajstić information content (AvgIpc) is 2.22. The van der Waals surface area contributed by atoms with Gasteiger partial charge in [-0.3, -0.25) is 4.79 Å². The van der Waals surface area contributed by atoms with Crippen molar-refractivity contribution in [3.63, 3.8) is 0 Å². The van der Waals surface area contributed by atoms with E-state index < -0.39 is 6.04 Å². The van der Waals surface area contributed by atoms with Crippen molar-refractivity contribution in [2.45, 2.75) is 46.1 Å². The van der Waals surface area contributed by atoms with Gasteiger partial charge in [0.15, 0.2) is 0 Å². The zero-order chi connectivity index (χ0) is 12.6. The van der Waals surface area contributed by atoms with E-state index in [0.29, 0.717) is 25.4 Å². The Labute approximate surface area is 98.8 Å². The average molecular weight is 230 g/mol. The molecule has 0 aliphatic carbocycles. The number of amides is 1. The van der Waals surface area contributed by atoms with Gasteiger partial charge in [0.25, 0.3) is 0 Å². The Morgan fingerprint density at radius 1 is 1.38 bits per heavy atom. The van der Waals surface area contributed by atoms with Crippen molar-refractivity contribution in [2.75, 3.05) is 19.7 Å². The van der Waals surface area contributed by atoms with Crippen molar-refractivity contribution in [1.82, 2.24) is 4.90 Å². The summed E-state index contributed by atoms with van der Waals surface area (Å²) < 4.78 is 0. The molecule has 1 amide bonds. The summed E-state index contributed by atoms with van der Waals surface area (Å²) >= 11 is 0. The molecule has 96 valence electrons. The lowest BCUT2D eigenvalue weighted by atomic mass is 10.0. The monoisotopic (exact) mass is 230 g/mol. The third-order valence-electron chi connectivity index (χ3n) is 2.51. The number of unbranched alkanes of at least 4 members (excludes halogenated alkanes) is 1. The molecule has 0 fully saturated rings. The van der Waals surface area contributed by atoms with Gasteiger partial charge in [-0.15, -0.1) is 0 Å². The molecule has 16 heavy (non-hydrogen) atoms. The van der Waals surface area contributed by atoms with E-state index in [1.165, 1.54) is 0 Å². The Balaban J connectivity index is 4.23. The highest BCUT2D eigenvalue weighted by Gasteiger charge is 2.20. The van der Waals surface area contributed by atoms with Gasteiger partial charge in [0.1, 0.15) is 0 Å². The molecule has 4 nitrogen and oxygen atoms in total. The maximum absolute atomic E-state index is 12.0. The molecule has 0 aliphatic heterocycles. The highest BCUT2D eigenvalue weighted by Crippen LogP contribution is 2.06.